The minimum Gasteiger partial charge on any atom is -0.489 e. The van der Waals surface area contributed by atoms with Crippen molar-refractivity contribution < 1.29 is 9.47 Å². The molecule has 1 fully saturated rings. The van der Waals surface area contributed by atoms with E-state index in [0.29, 0.717) is 13.2 Å². The van der Waals surface area contributed by atoms with Crippen LogP contribution in [0.25, 0.3) is 0 Å². The molecular formula is C15H21NO2. The molecule has 1 aliphatic carbocycles. The number of nitrogens with two attached hydrogens (primary N) is 1. The lowest BCUT2D eigenvalue weighted by atomic mass is 9.96. The van der Waals surface area contributed by atoms with Gasteiger partial charge in [0.2, 0.25) is 0 Å². The molecule has 0 radical (unpaired) electrons. The number of hydrogen-bond donors (Lipinski definition) is 1. The molecule has 2 N–H and O–H groups in total. The van der Waals surface area contributed by atoms with E-state index in [0.717, 1.165) is 18.0 Å². The molecule has 0 atom stereocenters. The van der Waals surface area contributed by atoms with E-state index >= 15 is 0 Å². The fraction of sp³-hybridized carbons (Fsp3) is 0.600. The normalized spacial score (nSPS) is 23.3. The van der Waals surface area contributed by atoms with Crippen LogP contribution in [0.3, 0.4) is 0 Å². The molecule has 1 saturated carbocycles. The second-order valence-electron chi connectivity index (χ2n) is 6.39. The van der Waals surface area contributed by atoms with Crippen LogP contribution in [0.15, 0.2) is 18.2 Å². The van der Waals surface area contributed by atoms with Crippen LogP contribution in [0.4, 0.5) is 0 Å². The van der Waals surface area contributed by atoms with Crippen molar-refractivity contribution in [3.05, 3.63) is 23.8 Å². The van der Waals surface area contributed by atoms with Crippen LogP contribution in [0.5, 0.6) is 11.5 Å². The Bertz CT molecular complexity index is 464. The summed E-state index contributed by atoms with van der Waals surface area (Å²) in [5.74, 6) is 1.73. The summed E-state index contributed by atoms with van der Waals surface area (Å²) in [4.78, 5) is 0. The van der Waals surface area contributed by atoms with Gasteiger partial charge < -0.3 is 15.2 Å². The van der Waals surface area contributed by atoms with Crippen molar-refractivity contribution in [1.82, 2.24) is 0 Å². The SMILES string of the molecule is CC1(C)COc2ccc(C3(CN)CC3)cc2OC1. The fourth-order valence-corrected chi connectivity index (χ4v) is 2.42. The Morgan fingerprint density at radius 3 is 2.39 bits per heavy atom. The highest BCUT2D eigenvalue weighted by Crippen LogP contribution is 2.49. The van der Waals surface area contributed by atoms with Gasteiger partial charge in [0.15, 0.2) is 11.5 Å². The van der Waals surface area contributed by atoms with Crippen LogP contribution >= 0.6 is 0 Å². The van der Waals surface area contributed by atoms with E-state index in [9.17, 15) is 0 Å². The molecule has 3 rings (SSSR count). The van der Waals surface area contributed by atoms with Crippen molar-refractivity contribution >= 4 is 0 Å². The molecule has 1 aromatic carbocycles. The van der Waals surface area contributed by atoms with Crippen LogP contribution in [0.2, 0.25) is 0 Å². The number of benzene rings is 1. The van der Waals surface area contributed by atoms with Gasteiger partial charge in [-0.05, 0) is 30.5 Å². The van der Waals surface area contributed by atoms with Gasteiger partial charge in [-0.15, -0.1) is 0 Å². The van der Waals surface area contributed by atoms with E-state index in [4.69, 9.17) is 15.2 Å². The maximum atomic E-state index is 5.91. The van der Waals surface area contributed by atoms with E-state index < -0.39 is 0 Å². The highest BCUT2D eigenvalue weighted by Gasteiger charge is 2.43. The third-order valence-corrected chi connectivity index (χ3v) is 4.04. The zero-order valence-corrected chi connectivity index (χ0v) is 11.2. The van der Waals surface area contributed by atoms with Gasteiger partial charge in [-0.1, -0.05) is 19.9 Å². The summed E-state index contributed by atoms with van der Waals surface area (Å²) in [5, 5.41) is 0. The molecule has 1 aromatic rings. The topological polar surface area (TPSA) is 44.5 Å². The summed E-state index contributed by atoms with van der Waals surface area (Å²) in [5.41, 5.74) is 7.45. The lowest BCUT2D eigenvalue weighted by Crippen LogP contribution is -2.26. The summed E-state index contributed by atoms with van der Waals surface area (Å²) < 4.78 is 11.7. The first-order valence-electron chi connectivity index (χ1n) is 6.65. The first-order chi connectivity index (χ1) is 8.55. The van der Waals surface area contributed by atoms with Crippen LogP contribution in [-0.2, 0) is 5.41 Å². The van der Waals surface area contributed by atoms with Crippen molar-refractivity contribution in [2.75, 3.05) is 19.8 Å². The molecule has 1 heterocycles. The summed E-state index contributed by atoms with van der Waals surface area (Å²) in [6, 6.07) is 6.29. The molecule has 0 bridgehead atoms. The van der Waals surface area contributed by atoms with E-state index in [1.807, 2.05) is 6.07 Å². The Hall–Kier alpha value is -1.22. The highest BCUT2D eigenvalue weighted by molar-refractivity contribution is 5.47. The molecular weight excluding hydrogens is 226 g/mol. The Labute approximate surface area is 108 Å². The van der Waals surface area contributed by atoms with Crippen LogP contribution < -0.4 is 15.2 Å². The van der Waals surface area contributed by atoms with Crippen LogP contribution in [-0.4, -0.2) is 19.8 Å². The van der Waals surface area contributed by atoms with Crippen molar-refractivity contribution in [3.63, 3.8) is 0 Å². The van der Waals surface area contributed by atoms with Crippen LogP contribution in [0, 0.1) is 5.41 Å². The predicted octanol–water partition coefficient (Wildman–Crippen LogP) is 2.47. The zero-order chi connectivity index (χ0) is 12.8. The van der Waals surface area contributed by atoms with E-state index in [2.05, 4.69) is 26.0 Å². The summed E-state index contributed by atoms with van der Waals surface area (Å²) in [6.07, 6.45) is 2.38. The summed E-state index contributed by atoms with van der Waals surface area (Å²) >= 11 is 0. The van der Waals surface area contributed by atoms with Gasteiger partial charge in [0.05, 0.1) is 13.2 Å². The first kappa shape index (κ1) is 11.8. The Morgan fingerprint density at radius 2 is 1.78 bits per heavy atom. The molecule has 0 unspecified atom stereocenters. The van der Waals surface area contributed by atoms with Gasteiger partial charge in [0.25, 0.3) is 0 Å². The third kappa shape index (κ3) is 1.97. The molecule has 2 aliphatic rings. The second kappa shape index (κ2) is 3.89. The predicted molar refractivity (Wildman–Crippen MR) is 71.2 cm³/mol. The molecule has 98 valence electrons. The Balaban J connectivity index is 1.90. The maximum absolute atomic E-state index is 5.91. The lowest BCUT2D eigenvalue weighted by Gasteiger charge is -2.19. The van der Waals surface area contributed by atoms with Gasteiger partial charge in [-0.25, -0.2) is 0 Å². The van der Waals surface area contributed by atoms with Crippen LogP contribution in [0.1, 0.15) is 32.3 Å². The summed E-state index contributed by atoms with van der Waals surface area (Å²) in [6.45, 7) is 6.42. The molecule has 0 saturated heterocycles. The summed E-state index contributed by atoms with van der Waals surface area (Å²) in [7, 11) is 0. The van der Waals surface area contributed by atoms with Crippen molar-refractivity contribution in [2.24, 2.45) is 11.1 Å². The Morgan fingerprint density at radius 1 is 1.11 bits per heavy atom. The smallest absolute Gasteiger partial charge is 0.161 e. The number of rotatable bonds is 2. The quantitative estimate of drug-likeness (QED) is 0.873. The van der Waals surface area contributed by atoms with E-state index in [1.54, 1.807) is 0 Å². The van der Waals surface area contributed by atoms with Gasteiger partial charge >= 0.3 is 0 Å². The van der Waals surface area contributed by atoms with Gasteiger partial charge in [-0.2, -0.15) is 0 Å². The van der Waals surface area contributed by atoms with Gasteiger partial charge in [0.1, 0.15) is 0 Å². The number of hydrogen-bond acceptors (Lipinski definition) is 3. The van der Waals surface area contributed by atoms with E-state index in [-0.39, 0.29) is 10.8 Å². The standard InChI is InChI=1S/C15H21NO2/c1-14(2)9-17-12-4-3-11(7-13(12)18-10-14)15(8-16)5-6-15/h3-4,7H,5-6,8-10,16H2,1-2H3. The molecule has 0 spiro atoms. The average molecular weight is 247 g/mol. The fourth-order valence-electron chi connectivity index (χ4n) is 2.42. The second-order valence-corrected chi connectivity index (χ2v) is 6.39. The molecule has 18 heavy (non-hydrogen) atoms. The van der Waals surface area contributed by atoms with Crippen molar-refractivity contribution in [2.45, 2.75) is 32.1 Å². The molecule has 3 heteroatoms. The number of fused-ring (bicyclic) bond motifs is 1. The average Bonchev–Trinajstić information content (AvgIpc) is 3.15. The Kier molecular flexibility index (Phi) is 2.56. The molecule has 0 amide bonds. The van der Waals surface area contributed by atoms with E-state index in [1.165, 1.54) is 18.4 Å². The molecule has 1 aliphatic heterocycles. The van der Waals surface area contributed by atoms with Gasteiger partial charge in [-0.3, -0.25) is 0 Å². The zero-order valence-electron chi connectivity index (χ0n) is 11.2. The minimum atomic E-state index is 0.0598. The highest BCUT2D eigenvalue weighted by atomic mass is 16.5. The monoisotopic (exact) mass is 247 g/mol. The molecule has 3 nitrogen and oxygen atoms in total. The van der Waals surface area contributed by atoms with Crippen molar-refractivity contribution in [3.8, 4) is 11.5 Å². The van der Waals surface area contributed by atoms with Crippen molar-refractivity contribution in [1.29, 1.82) is 0 Å². The maximum Gasteiger partial charge on any atom is 0.161 e. The first-order valence-corrected chi connectivity index (χ1v) is 6.65. The largest absolute Gasteiger partial charge is 0.489 e. The number of ether oxygens (including phenoxy) is 2. The third-order valence-electron chi connectivity index (χ3n) is 4.04. The minimum absolute atomic E-state index is 0.0598. The molecule has 0 aromatic heterocycles. The van der Waals surface area contributed by atoms with Gasteiger partial charge in [0, 0.05) is 17.4 Å². The lowest BCUT2D eigenvalue weighted by molar-refractivity contribution is 0.140.